The van der Waals surface area contributed by atoms with Crippen molar-refractivity contribution in [1.82, 2.24) is 5.32 Å². The molecule has 1 amide bonds. The molecular weight excluding hydrogens is 307 g/mol. The molecule has 0 fully saturated rings. The summed E-state index contributed by atoms with van der Waals surface area (Å²) in [4.78, 5) is 11.5. The summed E-state index contributed by atoms with van der Waals surface area (Å²) in [5.74, 6) is -0.536. The molecular formula is C19H17FN2O2. The smallest absolute Gasteiger partial charge is 0.407 e. The van der Waals surface area contributed by atoms with Gasteiger partial charge in [-0.1, -0.05) is 54.6 Å². The number of benzene rings is 2. The Hall–Kier alpha value is -3.13. The van der Waals surface area contributed by atoms with Gasteiger partial charge in [-0.2, -0.15) is 5.26 Å². The summed E-state index contributed by atoms with van der Waals surface area (Å²) in [7, 11) is 0. The van der Waals surface area contributed by atoms with Crippen molar-refractivity contribution >= 4 is 12.2 Å². The van der Waals surface area contributed by atoms with Crippen molar-refractivity contribution in [3.05, 3.63) is 77.1 Å². The Morgan fingerprint density at radius 2 is 2.00 bits per heavy atom. The van der Waals surface area contributed by atoms with E-state index in [1.165, 1.54) is 6.07 Å². The van der Waals surface area contributed by atoms with Gasteiger partial charge < -0.3 is 10.1 Å². The van der Waals surface area contributed by atoms with Crippen molar-refractivity contribution in [2.24, 2.45) is 0 Å². The third kappa shape index (κ3) is 5.25. The summed E-state index contributed by atoms with van der Waals surface area (Å²) < 4.78 is 18.9. The van der Waals surface area contributed by atoms with Crippen molar-refractivity contribution in [2.45, 2.75) is 13.0 Å². The molecule has 0 aromatic heterocycles. The molecule has 0 radical (unpaired) electrons. The molecule has 24 heavy (non-hydrogen) atoms. The highest BCUT2D eigenvalue weighted by Crippen LogP contribution is 2.13. The van der Waals surface area contributed by atoms with Gasteiger partial charge in [0.15, 0.2) is 0 Å². The standard InChI is InChI=1S/C19H17FN2O2/c20-18-16(10-6-11-17(18)13-21)9-4-5-12-22-19(23)24-14-15-7-2-1-3-8-15/h1-4,6-11H,5,12,14H2,(H,22,23). The average molecular weight is 324 g/mol. The molecule has 0 spiro atoms. The highest BCUT2D eigenvalue weighted by molar-refractivity contribution is 5.67. The third-order valence-corrected chi connectivity index (χ3v) is 3.24. The van der Waals surface area contributed by atoms with Gasteiger partial charge in [-0.25, -0.2) is 9.18 Å². The van der Waals surface area contributed by atoms with Crippen molar-refractivity contribution < 1.29 is 13.9 Å². The molecule has 0 aliphatic heterocycles. The zero-order valence-electron chi connectivity index (χ0n) is 13.0. The minimum absolute atomic E-state index is 0.0137. The van der Waals surface area contributed by atoms with Crippen LogP contribution in [-0.4, -0.2) is 12.6 Å². The second kappa shape index (κ2) is 9.11. The van der Waals surface area contributed by atoms with Crippen LogP contribution in [-0.2, 0) is 11.3 Å². The van der Waals surface area contributed by atoms with E-state index in [0.717, 1.165) is 5.56 Å². The van der Waals surface area contributed by atoms with Crippen LogP contribution in [0.4, 0.5) is 9.18 Å². The molecule has 0 atom stereocenters. The number of halogens is 1. The van der Waals surface area contributed by atoms with Crippen molar-refractivity contribution in [3.8, 4) is 6.07 Å². The van der Waals surface area contributed by atoms with Crippen LogP contribution in [0.2, 0.25) is 0 Å². The Labute approximate surface area is 140 Å². The van der Waals surface area contributed by atoms with Crippen LogP contribution in [0.5, 0.6) is 0 Å². The van der Waals surface area contributed by atoms with Crippen molar-refractivity contribution in [3.63, 3.8) is 0 Å². The average Bonchev–Trinajstić information content (AvgIpc) is 2.62. The Bertz CT molecular complexity index is 752. The minimum Gasteiger partial charge on any atom is -0.445 e. The van der Waals surface area contributed by atoms with Gasteiger partial charge in [0.1, 0.15) is 18.5 Å². The first-order valence-electron chi connectivity index (χ1n) is 7.50. The van der Waals surface area contributed by atoms with Crippen LogP contribution >= 0.6 is 0 Å². The number of nitrogens with zero attached hydrogens (tertiary/aromatic N) is 1. The van der Waals surface area contributed by atoms with E-state index in [-0.39, 0.29) is 12.2 Å². The van der Waals surface area contributed by atoms with Gasteiger partial charge in [-0.05, 0) is 18.1 Å². The number of carbonyl (C=O) groups is 1. The number of alkyl carbamates (subject to hydrolysis) is 1. The van der Waals surface area contributed by atoms with Gasteiger partial charge in [-0.3, -0.25) is 0 Å². The lowest BCUT2D eigenvalue weighted by Gasteiger charge is -2.06. The number of nitriles is 1. The van der Waals surface area contributed by atoms with E-state index < -0.39 is 11.9 Å². The number of hydrogen-bond acceptors (Lipinski definition) is 3. The molecule has 0 aliphatic carbocycles. The molecule has 0 unspecified atom stereocenters. The highest BCUT2D eigenvalue weighted by Gasteiger charge is 2.04. The monoisotopic (exact) mass is 324 g/mol. The second-order valence-electron chi connectivity index (χ2n) is 5.00. The topological polar surface area (TPSA) is 62.1 Å². The molecule has 5 heteroatoms. The zero-order chi connectivity index (χ0) is 17.2. The fourth-order valence-corrected chi connectivity index (χ4v) is 2.01. The molecule has 122 valence electrons. The largest absolute Gasteiger partial charge is 0.445 e. The number of ether oxygens (including phenoxy) is 1. The number of rotatable bonds is 6. The highest BCUT2D eigenvalue weighted by atomic mass is 19.1. The molecule has 1 N–H and O–H groups in total. The van der Waals surface area contributed by atoms with E-state index in [9.17, 15) is 9.18 Å². The van der Waals surface area contributed by atoms with Crippen LogP contribution in [0.3, 0.4) is 0 Å². The minimum atomic E-state index is -0.536. The maximum Gasteiger partial charge on any atom is 0.407 e. The fourth-order valence-electron chi connectivity index (χ4n) is 2.01. The molecule has 2 aromatic carbocycles. The van der Waals surface area contributed by atoms with Crippen molar-refractivity contribution in [1.29, 1.82) is 5.26 Å². The summed E-state index contributed by atoms with van der Waals surface area (Å²) in [6, 6.07) is 15.8. The summed E-state index contributed by atoms with van der Waals surface area (Å²) in [6.45, 7) is 0.596. The van der Waals surface area contributed by atoms with Gasteiger partial charge in [0.05, 0.1) is 5.56 Å². The first-order valence-corrected chi connectivity index (χ1v) is 7.50. The summed E-state index contributed by atoms with van der Waals surface area (Å²) in [6.07, 6.45) is 3.35. The lowest BCUT2D eigenvalue weighted by molar-refractivity contribution is 0.140. The Balaban J connectivity index is 1.71. The van der Waals surface area contributed by atoms with E-state index >= 15 is 0 Å². The van der Waals surface area contributed by atoms with Gasteiger partial charge in [0, 0.05) is 12.1 Å². The lowest BCUT2D eigenvalue weighted by Crippen LogP contribution is -2.24. The maximum absolute atomic E-state index is 13.8. The van der Waals surface area contributed by atoms with E-state index in [0.29, 0.717) is 18.5 Å². The Kier molecular flexibility index (Phi) is 6.54. The van der Waals surface area contributed by atoms with Crippen LogP contribution in [0.15, 0.2) is 54.6 Å². The van der Waals surface area contributed by atoms with Crippen LogP contribution in [0.25, 0.3) is 6.08 Å². The third-order valence-electron chi connectivity index (χ3n) is 3.24. The molecule has 0 saturated heterocycles. The second-order valence-corrected chi connectivity index (χ2v) is 5.00. The quantitative estimate of drug-likeness (QED) is 0.816. The normalized spacial score (nSPS) is 10.3. The molecule has 0 bridgehead atoms. The lowest BCUT2D eigenvalue weighted by atomic mass is 10.1. The molecule has 0 aliphatic rings. The first kappa shape index (κ1) is 17.2. The molecule has 4 nitrogen and oxygen atoms in total. The molecule has 0 saturated carbocycles. The predicted octanol–water partition coefficient (Wildman–Crippen LogP) is 4.03. The SMILES string of the molecule is N#Cc1cccc(C=CCCNC(=O)OCc2ccccc2)c1F. The summed E-state index contributed by atoms with van der Waals surface area (Å²) >= 11 is 0. The van der Waals surface area contributed by atoms with Gasteiger partial charge >= 0.3 is 6.09 Å². The van der Waals surface area contributed by atoms with Gasteiger partial charge in [0.25, 0.3) is 0 Å². The first-order chi connectivity index (χ1) is 11.7. The van der Waals surface area contributed by atoms with E-state index in [2.05, 4.69) is 5.32 Å². The number of carbonyl (C=O) groups excluding carboxylic acids is 1. The van der Waals surface area contributed by atoms with Crippen LogP contribution in [0, 0.1) is 17.1 Å². The Morgan fingerprint density at radius 3 is 2.75 bits per heavy atom. The fraction of sp³-hybridized carbons (Fsp3) is 0.158. The van der Waals surface area contributed by atoms with Crippen LogP contribution in [0.1, 0.15) is 23.1 Å². The number of hydrogen-bond donors (Lipinski definition) is 1. The van der Waals surface area contributed by atoms with Gasteiger partial charge in [0.2, 0.25) is 0 Å². The Morgan fingerprint density at radius 1 is 1.21 bits per heavy atom. The zero-order valence-corrected chi connectivity index (χ0v) is 13.0. The number of nitrogens with one attached hydrogen (secondary N) is 1. The molecule has 2 aromatic rings. The van der Waals surface area contributed by atoms with Gasteiger partial charge in [-0.15, -0.1) is 0 Å². The summed E-state index contributed by atoms with van der Waals surface area (Å²) in [5, 5.41) is 11.4. The van der Waals surface area contributed by atoms with E-state index in [1.54, 1.807) is 30.4 Å². The van der Waals surface area contributed by atoms with Crippen LogP contribution < -0.4 is 5.32 Å². The van der Waals surface area contributed by atoms with Crippen molar-refractivity contribution in [2.75, 3.05) is 6.54 Å². The number of amides is 1. The van der Waals surface area contributed by atoms with E-state index in [1.807, 2.05) is 30.3 Å². The van der Waals surface area contributed by atoms with E-state index in [4.69, 9.17) is 10.00 Å². The molecule has 2 rings (SSSR count). The maximum atomic E-state index is 13.8. The predicted molar refractivity (Wildman–Crippen MR) is 89.4 cm³/mol. The summed E-state index contributed by atoms with van der Waals surface area (Å²) in [5.41, 5.74) is 1.28. The molecule has 0 heterocycles.